The predicted molar refractivity (Wildman–Crippen MR) is 104 cm³/mol. The Balaban J connectivity index is 1.91. The maximum absolute atomic E-state index is 13.5. The van der Waals surface area contributed by atoms with Crippen LogP contribution in [0.1, 0.15) is 13.3 Å². The molecular formula is C18H18ClFN2O5S. The Morgan fingerprint density at radius 3 is 2.61 bits per heavy atom. The van der Waals surface area contributed by atoms with Gasteiger partial charge in [-0.15, -0.1) is 0 Å². The average Bonchev–Trinajstić information content (AvgIpc) is 3.08. The molecule has 150 valence electrons. The first-order chi connectivity index (χ1) is 13.2. The number of fused-ring (bicyclic) bond motifs is 1. The number of carbonyl (C=O) groups excluding carboxylic acids is 1. The summed E-state index contributed by atoms with van der Waals surface area (Å²) in [6.45, 7) is 1.77. The van der Waals surface area contributed by atoms with E-state index in [9.17, 15) is 17.6 Å². The number of carbonyl (C=O) groups is 1. The van der Waals surface area contributed by atoms with E-state index in [2.05, 4.69) is 5.32 Å². The standard InChI is InChI=1S/C18H18ClFN2O5S/c1-3-15(18(23)21-11-4-7-16-17(8-11)27-10-26-16)22(28(2,24)25)12-5-6-14(20)13(19)9-12/h4-9,15H,3,10H2,1-2H3,(H,21,23)/t15-/m1/s1. The molecule has 0 saturated heterocycles. The van der Waals surface area contributed by atoms with Crippen molar-refractivity contribution in [3.63, 3.8) is 0 Å². The van der Waals surface area contributed by atoms with E-state index >= 15 is 0 Å². The number of amides is 1. The fourth-order valence-corrected chi connectivity index (χ4v) is 4.26. The van der Waals surface area contributed by atoms with Crippen LogP contribution in [-0.2, 0) is 14.8 Å². The highest BCUT2D eigenvalue weighted by molar-refractivity contribution is 7.92. The quantitative estimate of drug-likeness (QED) is 0.762. The van der Waals surface area contributed by atoms with Gasteiger partial charge >= 0.3 is 0 Å². The number of anilines is 2. The van der Waals surface area contributed by atoms with Gasteiger partial charge in [-0.3, -0.25) is 9.10 Å². The minimum Gasteiger partial charge on any atom is -0.454 e. The molecule has 1 amide bonds. The van der Waals surface area contributed by atoms with E-state index < -0.39 is 27.8 Å². The molecule has 7 nitrogen and oxygen atoms in total. The summed E-state index contributed by atoms with van der Waals surface area (Å²) in [5.41, 5.74) is 0.528. The van der Waals surface area contributed by atoms with Gasteiger partial charge in [-0.25, -0.2) is 12.8 Å². The number of nitrogens with zero attached hydrogens (tertiary/aromatic N) is 1. The summed E-state index contributed by atoms with van der Waals surface area (Å²) >= 11 is 5.80. The van der Waals surface area contributed by atoms with Gasteiger partial charge in [0.25, 0.3) is 0 Å². The number of halogens is 2. The normalized spacial score (nSPS) is 13.9. The summed E-state index contributed by atoms with van der Waals surface area (Å²) in [5, 5.41) is 2.44. The fraction of sp³-hybridized carbons (Fsp3) is 0.278. The SMILES string of the molecule is CC[C@H](C(=O)Nc1ccc2c(c1)OCO2)N(c1ccc(F)c(Cl)c1)S(C)(=O)=O. The minimum atomic E-state index is -3.86. The van der Waals surface area contributed by atoms with Gasteiger partial charge in [-0.1, -0.05) is 18.5 Å². The van der Waals surface area contributed by atoms with Crippen LogP contribution in [0, 0.1) is 5.82 Å². The summed E-state index contributed by atoms with van der Waals surface area (Å²) in [6.07, 6.45) is 1.15. The second kappa shape index (κ2) is 7.84. The zero-order valence-electron chi connectivity index (χ0n) is 15.1. The van der Waals surface area contributed by atoms with E-state index in [1.165, 1.54) is 12.1 Å². The van der Waals surface area contributed by atoms with Crippen molar-refractivity contribution in [3.8, 4) is 11.5 Å². The lowest BCUT2D eigenvalue weighted by atomic mass is 10.1. The predicted octanol–water partition coefficient (Wildman–Crippen LogP) is 3.39. The third kappa shape index (κ3) is 4.15. The smallest absolute Gasteiger partial charge is 0.248 e. The van der Waals surface area contributed by atoms with Gasteiger partial charge in [0.15, 0.2) is 11.5 Å². The second-order valence-electron chi connectivity index (χ2n) is 6.14. The molecule has 0 aliphatic carbocycles. The van der Waals surface area contributed by atoms with E-state index in [0.717, 1.165) is 16.6 Å². The number of nitrogens with one attached hydrogen (secondary N) is 1. The van der Waals surface area contributed by atoms with Crippen molar-refractivity contribution >= 4 is 38.9 Å². The van der Waals surface area contributed by atoms with Crippen LogP contribution in [0.25, 0.3) is 0 Å². The zero-order valence-corrected chi connectivity index (χ0v) is 16.7. The number of ether oxygens (including phenoxy) is 2. The van der Waals surface area contributed by atoms with Crippen LogP contribution in [0.2, 0.25) is 5.02 Å². The van der Waals surface area contributed by atoms with Crippen molar-refractivity contribution in [3.05, 3.63) is 47.2 Å². The number of sulfonamides is 1. The van der Waals surface area contributed by atoms with Crippen molar-refractivity contribution < 1.29 is 27.1 Å². The molecule has 1 heterocycles. The Kier molecular flexibility index (Phi) is 5.66. The van der Waals surface area contributed by atoms with Crippen molar-refractivity contribution in [1.29, 1.82) is 0 Å². The molecule has 0 bridgehead atoms. The maximum Gasteiger partial charge on any atom is 0.248 e. The molecule has 0 aromatic heterocycles. The van der Waals surface area contributed by atoms with E-state index in [1.54, 1.807) is 25.1 Å². The molecule has 0 fully saturated rings. The number of hydrogen-bond acceptors (Lipinski definition) is 5. The van der Waals surface area contributed by atoms with Gasteiger partial charge in [0.1, 0.15) is 11.9 Å². The third-order valence-corrected chi connectivity index (χ3v) is 5.60. The van der Waals surface area contributed by atoms with Crippen LogP contribution in [-0.4, -0.2) is 33.4 Å². The second-order valence-corrected chi connectivity index (χ2v) is 8.41. The Morgan fingerprint density at radius 2 is 1.96 bits per heavy atom. The molecule has 0 unspecified atom stereocenters. The molecular weight excluding hydrogens is 411 g/mol. The molecule has 1 N–H and O–H groups in total. The highest BCUT2D eigenvalue weighted by Crippen LogP contribution is 2.34. The lowest BCUT2D eigenvalue weighted by molar-refractivity contribution is -0.117. The summed E-state index contributed by atoms with van der Waals surface area (Å²) in [4.78, 5) is 12.9. The first-order valence-corrected chi connectivity index (χ1v) is 10.6. The first kappa shape index (κ1) is 20.2. The zero-order chi connectivity index (χ0) is 20.5. The van der Waals surface area contributed by atoms with Gasteiger partial charge in [0, 0.05) is 11.8 Å². The third-order valence-electron chi connectivity index (χ3n) is 4.13. The highest BCUT2D eigenvalue weighted by atomic mass is 35.5. The van der Waals surface area contributed by atoms with Crippen molar-refractivity contribution in [2.45, 2.75) is 19.4 Å². The number of rotatable bonds is 6. The Morgan fingerprint density at radius 1 is 1.25 bits per heavy atom. The van der Waals surface area contributed by atoms with E-state index in [0.29, 0.717) is 17.2 Å². The monoisotopic (exact) mass is 428 g/mol. The van der Waals surface area contributed by atoms with Crippen LogP contribution in [0.15, 0.2) is 36.4 Å². The van der Waals surface area contributed by atoms with Gasteiger partial charge in [0.05, 0.1) is 17.0 Å². The Bertz CT molecular complexity index is 1020. The van der Waals surface area contributed by atoms with Crippen LogP contribution < -0.4 is 19.1 Å². The maximum atomic E-state index is 13.5. The van der Waals surface area contributed by atoms with E-state index in [1.807, 2.05) is 0 Å². The van der Waals surface area contributed by atoms with Gasteiger partial charge in [-0.2, -0.15) is 0 Å². The summed E-state index contributed by atoms with van der Waals surface area (Å²) < 4.78 is 49.7. The average molecular weight is 429 g/mol. The lowest BCUT2D eigenvalue weighted by Gasteiger charge is -2.30. The first-order valence-electron chi connectivity index (χ1n) is 8.35. The molecule has 1 aliphatic heterocycles. The van der Waals surface area contributed by atoms with Crippen LogP contribution in [0.5, 0.6) is 11.5 Å². The molecule has 0 spiro atoms. The topological polar surface area (TPSA) is 84.9 Å². The lowest BCUT2D eigenvalue weighted by Crippen LogP contribution is -2.47. The molecule has 2 aromatic rings. The largest absolute Gasteiger partial charge is 0.454 e. The van der Waals surface area contributed by atoms with Crippen LogP contribution in [0.4, 0.5) is 15.8 Å². The van der Waals surface area contributed by atoms with Gasteiger partial charge in [0.2, 0.25) is 22.7 Å². The fourth-order valence-electron chi connectivity index (χ4n) is 2.88. The van der Waals surface area contributed by atoms with Gasteiger partial charge in [-0.05, 0) is 36.8 Å². The molecule has 1 aliphatic rings. The Hall–Kier alpha value is -2.52. The number of hydrogen-bond donors (Lipinski definition) is 1. The number of benzene rings is 2. The molecule has 10 heteroatoms. The molecule has 0 radical (unpaired) electrons. The Labute approximate surface area is 167 Å². The van der Waals surface area contributed by atoms with Gasteiger partial charge < -0.3 is 14.8 Å². The molecule has 1 atom stereocenters. The highest BCUT2D eigenvalue weighted by Gasteiger charge is 2.32. The minimum absolute atomic E-state index is 0.0947. The molecule has 0 saturated carbocycles. The van der Waals surface area contributed by atoms with E-state index in [4.69, 9.17) is 21.1 Å². The molecule has 28 heavy (non-hydrogen) atoms. The summed E-state index contributed by atoms with van der Waals surface area (Å²) in [7, 11) is -3.86. The van der Waals surface area contributed by atoms with Crippen molar-refractivity contribution in [2.24, 2.45) is 0 Å². The molecule has 3 rings (SSSR count). The van der Waals surface area contributed by atoms with Crippen molar-refractivity contribution in [1.82, 2.24) is 0 Å². The van der Waals surface area contributed by atoms with Crippen molar-refractivity contribution in [2.75, 3.05) is 22.7 Å². The van der Waals surface area contributed by atoms with Crippen LogP contribution >= 0.6 is 11.6 Å². The van der Waals surface area contributed by atoms with E-state index in [-0.39, 0.29) is 23.9 Å². The summed E-state index contributed by atoms with van der Waals surface area (Å²) in [6, 6.07) is 7.28. The summed E-state index contributed by atoms with van der Waals surface area (Å²) in [5.74, 6) is -0.191. The molecule has 2 aromatic carbocycles. The van der Waals surface area contributed by atoms with Crippen LogP contribution in [0.3, 0.4) is 0 Å².